The molecular weight excluding hydrogens is 252 g/mol. The van der Waals surface area contributed by atoms with E-state index in [4.69, 9.17) is 0 Å². The van der Waals surface area contributed by atoms with Crippen molar-refractivity contribution in [1.82, 2.24) is 5.32 Å². The minimum atomic E-state index is -0.0297. The van der Waals surface area contributed by atoms with E-state index in [0.29, 0.717) is 6.42 Å². The quantitative estimate of drug-likeness (QED) is 0.854. The number of piperidine rings is 1. The van der Waals surface area contributed by atoms with E-state index in [1.807, 2.05) is 43.3 Å². The fourth-order valence-corrected chi connectivity index (χ4v) is 3.49. The minimum absolute atomic E-state index is 0.0297. The van der Waals surface area contributed by atoms with E-state index in [9.17, 15) is 9.59 Å². The van der Waals surface area contributed by atoms with Gasteiger partial charge in [-0.05, 0) is 43.0 Å². The van der Waals surface area contributed by atoms with Crippen LogP contribution in [0.5, 0.6) is 0 Å². The third kappa shape index (κ3) is 2.19. The van der Waals surface area contributed by atoms with Crippen LogP contribution in [-0.4, -0.2) is 31.8 Å². The van der Waals surface area contributed by atoms with Crippen LogP contribution in [0.2, 0.25) is 0 Å². The van der Waals surface area contributed by atoms with E-state index in [1.165, 1.54) is 0 Å². The Labute approximate surface area is 119 Å². The molecule has 1 N–H and O–H groups in total. The molecular formula is C16H20N2O2. The molecule has 1 heterocycles. The number of carbonyl (C=O) groups excluding carboxylic acids is 2. The first-order valence-electron chi connectivity index (χ1n) is 7.17. The molecule has 1 aromatic rings. The highest BCUT2D eigenvalue weighted by Gasteiger charge is 2.45. The summed E-state index contributed by atoms with van der Waals surface area (Å²) in [6.45, 7) is 0. The number of Topliss-reactive ketones (excluding diaryl/α,β-unsaturated/α-hetero) is 1. The van der Waals surface area contributed by atoms with Crippen molar-refractivity contribution in [3.8, 4) is 0 Å². The van der Waals surface area contributed by atoms with Gasteiger partial charge in [-0.1, -0.05) is 0 Å². The molecule has 0 aromatic heterocycles. The highest BCUT2D eigenvalue weighted by atomic mass is 16.2. The van der Waals surface area contributed by atoms with Gasteiger partial charge in [-0.2, -0.15) is 0 Å². The highest BCUT2D eigenvalue weighted by molar-refractivity contribution is 6.00. The topological polar surface area (TPSA) is 49.4 Å². The summed E-state index contributed by atoms with van der Waals surface area (Å²) in [5, 5.41) is 2.97. The first-order chi connectivity index (χ1) is 9.56. The molecule has 3 atom stereocenters. The zero-order valence-corrected chi connectivity index (χ0v) is 11.9. The monoisotopic (exact) mass is 272 g/mol. The molecule has 2 fully saturated rings. The molecule has 1 saturated carbocycles. The van der Waals surface area contributed by atoms with Crippen molar-refractivity contribution in [2.45, 2.75) is 25.3 Å². The lowest BCUT2D eigenvalue weighted by molar-refractivity contribution is -0.124. The molecule has 2 aliphatic rings. The van der Waals surface area contributed by atoms with Crippen molar-refractivity contribution in [1.29, 1.82) is 0 Å². The van der Waals surface area contributed by atoms with Crippen molar-refractivity contribution in [2.24, 2.45) is 11.8 Å². The van der Waals surface area contributed by atoms with Crippen LogP contribution < -0.4 is 10.2 Å². The lowest BCUT2D eigenvalue weighted by Gasteiger charge is -2.29. The van der Waals surface area contributed by atoms with E-state index in [0.717, 1.165) is 24.1 Å². The number of nitrogens with one attached hydrogen (secondary N) is 1. The predicted molar refractivity (Wildman–Crippen MR) is 77.9 cm³/mol. The normalized spacial score (nSPS) is 28.1. The first-order valence-corrected chi connectivity index (χ1v) is 7.17. The number of carbonyl (C=O) groups is 2. The van der Waals surface area contributed by atoms with Crippen LogP contribution >= 0.6 is 0 Å². The molecule has 0 radical (unpaired) electrons. The molecule has 20 heavy (non-hydrogen) atoms. The van der Waals surface area contributed by atoms with Gasteiger partial charge in [0.05, 0.1) is 0 Å². The number of anilines is 1. The maximum Gasteiger partial charge on any atom is 0.220 e. The average molecular weight is 272 g/mol. The van der Waals surface area contributed by atoms with Crippen molar-refractivity contribution >= 4 is 17.4 Å². The van der Waals surface area contributed by atoms with Gasteiger partial charge < -0.3 is 10.2 Å². The van der Waals surface area contributed by atoms with Crippen LogP contribution in [0.3, 0.4) is 0 Å². The standard InChI is InChI=1S/C16H20N2O2/c1-18(2)12-6-3-10(4-7-12)16(20)15-11-5-8-13(15)17-14(19)9-11/h3-4,6-7,11,13,15H,5,8-9H2,1-2H3,(H,17,19). The van der Waals surface area contributed by atoms with Gasteiger partial charge >= 0.3 is 0 Å². The van der Waals surface area contributed by atoms with Gasteiger partial charge in [-0.3, -0.25) is 9.59 Å². The van der Waals surface area contributed by atoms with Gasteiger partial charge in [0.25, 0.3) is 0 Å². The second-order valence-corrected chi connectivity index (χ2v) is 6.05. The third-order valence-corrected chi connectivity index (χ3v) is 4.55. The van der Waals surface area contributed by atoms with Crippen molar-refractivity contribution in [3.05, 3.63) is 29.8 Å². The summed E-state index contributed by atoms with van der Waals surface area (Å²) in [5.41, 5.74) is 1.84. The Kier molecular flexibility index (Phi) is 3.24. The zero-order valence-electron chi connectivity index (χ0n) is 11.9. The highest BCUT2D eigenvalue weighted by Crippen LogP contribution is 2.39. The molecule has 1 saturated heterocycles. The lowest BCUT2D eigenvalue weighted by Crippen LogP contribution is -2.47. The van der Waals surface area contributed by atoms with Gasteiger partial charge in [0.1, 0.15) is 0 Å². The van der Waals surface area contributed by atoms with Crippen LogP contribution in [0.4, 0.5) is 5.69 Å². The second-order valence-electron chi connectivity index (χ2n) is 6.05. The Bertz CT molecular complexity index is 520. The van der Waals surface area contributed by atoms with E-state index in [2.05, 4.69) is 5.32 Å². The molecule has 4 heteroatoms. The molecule has 4 nitrogen and oxygen atoms in total. The van der Waals surface area contributed by atoms with Crippen molar-refractivity contribution in [2.75, 3.05) is 19.0 Å². The molecule has 0 spiro atoms. The van der Waals surface area contributed by atoms with E-state index >= 15 is 0 Å². The van der Waals surface area contributed by atoms with Gasteiger partial charge in [0, 0.05) is 43.7 Å². The van der Waals surface area contributed by atoms with Crippen molar-refractivity contribution in [3.63, 3.8) is 0 Å². The molecule has 1 aliphatic carbocycles. The van der Waals surface area contributed by atoms with Crippen LogP contribution in [0, 0.1) is 11.8 Å². The fourth-order valence-electron chi connectivity index (χ4n) is 3.49. The number of benzene rings is 1. The van der Waals surface area contributed by atoms with Crippen LogP contribution in [0.1, 0.15) is 29.6 Å². The Morgan fingerprint density at radius 2 is 1.90 bits per heavy atom. The Hall–Kier alpha value is -1.84. The number of ketones is 1. The maximum absolute atomic E-state index is 12.7. The van der Waals surface area contributed by atoms with Crippen LogP contribution in [0.15, 0.2) is 24.3 Å². The largest absolute Gasteiger partial charge is 0.378 e. The third-order valence-electron chi connectivity index (χ3n) is 4.55. The summed E-state index contributed by atoms with van der Waals surface area (Å²) in [6, 6.07) is 7.77. The summed E-state index contributed by atoms with van der Waals surface area (Å²) in [5.74, 6) is 0.486. The molecule has 1 aliphatic heterocycles. The summed E-state index contributed by atoms with van der Waals surface area (Å²) in [4.78, 5) is 26.2. The maximum atomic E-state index is 12.7. The average Bonchev–Trinajstić information content (AvgIpc) is 2.70. The second kappa shape index (κ2) is 4.93. The number of hydrogen-bond donors (Lipinski definition) is 1. The summed E-state index contributed by atoms with van der Waals surface area (Å²) < 4.78 is 0. The number of nitrogens with zero attached hydrogens (tertiary/aromatic N) is 1. The Morgan fingerprint density at radius 1 is 1.20 bits per heavy atom. The Balaban J connectivity index is 1.81. The molecule has 2 bridgehead atoms. The molecule has 3 unspecified atom stereocenters. The van der Waals surface area contributed by atoms with E-state index in [1.54, 1.807) is 0 Å². The first kappa shape index (κ1) is 13.2. The number of fused-ring (bicyclic) bond motifs is 2. The van der Waals surface area contributed by atoms with E-state index in [-0.39, 0.29) is 29.6 Å². The van der Waals surface area contributed by atoms with Gasteiger partial charge in [-0.25, -0.2) is 0 Å². The smallest absolute Gasteiger partial charge is 0.220 e. The van der Waals surface area contributed by atoms with Gasteiger partial charge in [0.2, 0.25) is 5.91 Å². The van der Waals surface area contributed by atoms with Crippen LogP contribution in [-0.2, 0) is 4.79 Å². The number of hydrogen-bond acceptors (Lipinski definition) is 3. The zero-order chi connectivity index (χ0) is 14.3. The van der Waals surface area contributed by atoms with Gasteiger partial charge in [-0.15, -0.1) is 0 Å². The molecule has 3 rings (SSSR count). The summed E-state index contributed by atoms with van der Waals surface area (Å²) >= 11 is 0. The summed E-state index contributed by atoms with van der Waals surface area (Å²) in [7, 11) is 3.96. The minimum Gasteiger partial charge on any atom is -0.378 e. The molecule has 1 aromatic carbocycles. The molecule has 106 valence electrons. The lowest BCUT2D eigenvalue weighted by atomic mass is 9.82. The van der Waals surface area contributed by atoms with Crippen LogP contribution in [0.25, 0.3) is 0 Å². The van der Waals surface area contributed by atoms with E-state index < -0.39 is 0 Å². The SMILES string of the molecule is CN(C)c1ccc(C(=O)C2C3CCC2NC(=O)C3)cc1. The predicted octanol–water partition coefficient (Wildman–Crippen LogP) is 1.85. The Morgan fingerprint density at radius 3 is 2.50 bits per heavy atom. The molecule has 1 amide bonds. The number of rotatable bonds is 3. The summed E-state index contributed by atoms with van der Waals surface area (Å²) in [6.07, 6.45) is 2.42. The fraction of sp³-hybridized carbons (Fsp3) is 0.500. The number of amides is 1. The van der Waals surface area contributed by atoms with Crippen molar-refractivity contribution < 1.29 is 9.59 Å². The van der Waals surface area contributed by atoms with Gasteiger partial charge in [0.15, 0.2) is 5.78 Å².